The lowest BCUT2D eigenvalue weighted by Crippen LogP contribution is -2.20. The summed E-state index contributed by atoms with van der Waals surface area (Å²) >= 11 is 0. The Balaban J connectivity index is 1.46. The van der Waals surface area contributed by atoms with Crippen LogP contribution in [0, 0.1) is 5.82 Å². The Bertz CT molecular complexity index is 1170. The molecule has 1 aliphatic rings. The normalized spacial score (nSPS) is 14.6. The number of aromatic nitrogens is 3. The van der Waals surface area contributed by atoms with Gasteiger partial charge in [-0.15, -0.1) is 5.10 Å². The molecule has 0 unspecified atom stereocenters. The predicted octanol–water partition coefficient (Wildman–Crippen LogP) is 5.83. The first-order chi connectivity index (χ1) is 15.3. The molecule has 5 rings (SSSR count). The van der Waals surface area contributed by atoms with Crippen LogP contribution >= 0.6 is 0 Å². The maximum absolute atomic E-state index is 14.0. The van der Waals surface area contributed by atoms with E-state index >= 15 is 0 Å². The van der Waals surface area contributed by atoms with Gasteiger partial charge in [0.2, 0.25) is 5.88 Å². The molecule has 0 N–H and O–H groups in total. The highest BCUT2D eigenvalue weighted by atomic mass is 19.1. The maximum Gasteiger partial charge on any atom is 0.232 e. The lowest BCUT2D eigenvalue weighted by molar-refractivity contribution is 0.147. The summed E-state index contributed by atoms with van der Waals surface area (Å²) in [7, 11) is 0. The Kier molecular flexibility index (Phi) is 5.52. The van der Waals surface area contributed by atoms with Crippen LogP contribution in [0.3, 0.4) is 0 Å². The summed E-state index contributed by atoms with van der Waals surface area (Å²) in [5.74, 6) is 0.675. The van der Waals surface area contributed by atoms with Gasteiger partial charge in [0, 0.05) is 17.7 Å². The summed E-state index contributed by atoms with van der Waals surface area (Å²) in [6.45, 7) is 0.345. The fourth-order valence-electron chi connectivity index (χ4n) is 4.02. The second kappa shape index (κ2) is 8.76. The number of nitrogens with zero attached hydrogens (tertiary/aromatic N) is 3. The highest BCUT2D eigenvalue weighted by Gasteiger charge is 2.18. The summed E-state index contributed by atoms with van der Waals surface area (Å²) < 4.78 is 27.9. The van der Waals surface area contributed by atoms with Crippen molar-refractivity contribution >= 4 is 5.65 Å². The van der Waals surface area contributed by atoms with Gasteiger partial charge >= 0.3 is 0 Å². The molecule has 1 saturated carbocycles. The van der Waals surface area contributed by atoms with E-state index in [1.165, 1.54) is 31.4 Å². The van der Waals surface area contributed by atoms with Crippen molar-refractivity contribution in [3.05, 3.63) is 78.2 Å². The van der Waals surface area contributed by atoms with Gasteiger partial charge in [-0.3, -0.25) is 0 Å². The zero-order valence-electron chi connectivity index (χ0n) is 17.2. The van der Waals surface area contributed by atoms with E-state index in [1.54, 1.807) is 16.8 Å². The van der Waals surface area contributed by atoms with Gasteiger partial charge in [-0.2, -0.15) is 0 Å². The standard InChI is InChI=1S/C25H24FN3O2/c26-19-11-12-21(23(15-19)30-17-18-7-3-1-4-8-18)22-16-27-24-13-14-25(28-29(22)24)31-20-9-5-2-6-10-20/h1,3-4,7-8,11-16,20H,2,5-6,9-10,17H2. The number of halogens is 1. The van der Waals surface area contributed by atoms with Gasteiger partial charge in [0.15, 0.2) is 5.65 Å². The van der Waals surface area contributed by atoms with Gasteiger partial charge < -0.3 is 9.47 Å². The molecule has 1 fully saturated rings. The van der Waals surface area contributed by atoms with E-state index in [9.17, 15) is 4.39 Å². The molecule has 0 saturated heterocycles. The predicted molar refractivity (Wildman–Crippen MR) is 117 cm³/mol. The summed E-state index contributed by atoms with van der Waals surface area (Å²) in [6, 6.07) is 18.1. The quantitative estimate of drug-likeness (QED) is 0.396. The van der Waals surface area contributed by atoms with Crippen LogP contribution in [0.5, 0.6) is 11.6 Å². The lowest BCUT2D eigenvalue weighted by atomic mass is 9.98. The van der Waals surface area contributed by atoms with Gasteiger partial charge in [-0.1, -0.05) is 36.8 Å². The summed E-state index contributed by atoms with van der Waals surface area (Å²) in [5.41, 5.74) is 3.17. The van der Waals surface area contributed by atoms with E-state index in [0.717, 1.165) is 29.7 Å². The number of rotatable bonds is 6. The molecule has 5 nitrogen and oxygen atoms in total. The average molecular weight is 417 g/mol. The summed E-state index contributed by atoms with van der Waals surface area (Å²) in [6.07, 6.45) is 7.73. The van der Waals surface area contributed by atoms with Crippen molar-refractivity contribution in [3.8, 4) is 22.9 Å². The largest absolute Gasteiger partial charge is 0.488 e. The molecule has 31 heavy (non-hydrogen) atoms. The number of hydrogen-bond acceptors (Lipinski definition) is 4. The molecular formula is C25H24FN3O2. The minimum absolute atomic E-state index is 0.209. The third-order valence-corrected chi connectivity index (χ3v) is 5.63. The minimum atomic E-state index is -0.352. The molecule has 0 spiro atoms. The van der Waals surface area contributed by atoms with Crippen molar-refractivity contribution in [1.29, 1.82) is 0 Å². The molecular weight excluding hydrogens is 393 g/mol. The zero-order chi connectivity index (χ0) is 21.0. The first-order valence-corrected chi connectivity index (χ1v) is 10.7. The molecule has 0 aliphatic heterocycles. The molecule has 2 aromatic carbocycles. The van der Waals surface area contributed by atoms with Crippen LogP contribution < -0.4 is 9.47 Å². The van der Waals surface area contributed by atoms with Crippen molar-refractivity contribution < 1.29 is 13.9 Å². The topological polar surface area (TPSA) is 48.7 Å². The highest BCUT2D eigenvalue weighted by molar-refractivity contribution is 5.69. The van der Waals surface area contributed by atoms with E-state index in [0.29, 0.717) is 23.9 Å². The number of hydrogen-bond donors (Lipinski definition) is 0. The van der Waals surface area contributed by atoms with Crippen LogP contribution in [-0.2, 0) is 6.61 Å². The third-order valence-electron chi connectivity index (χ3n) is 5.63. The van der Waals surface area contributed by atoms with Crippen LogP contribution in [0.2, 0.25) is 0 Å². The third kappa shape index (κ3) is 4.38. The fourth-order valence-corrected chi connectivity index (χ4v) is 4.02. The fraction of sp³-hybridized carbons (Fsp3) is 0.280. The van der Waals surface area contributed by atoms with Gasteiger partial charge in [0.05, 0.1) is 11.9 Å². The Morgan fingerprint density at radius 3 is 2.65 bits per heavy atom. The molecule has 158 valence electrons. The molecule has 0 amide bonds. The van der Waals surface area contributed by atoms with E-state index in [4.69, 9.17) is 9.47 Å². The second-order valence-electron chi connectivity index (χ2n) is 7.88. The Labute approximate surface area is 180 Å². The first kappa shape index (κ1) is 19.5. The molecule has 0 radical (unpaired) electrons. The SMILES string of the molecule is Fc1ccc(-c2cnc3ccc(OC4CCCCC4)nn23)c(OCc2ccccc2)c1. The van der Waals surface area contributed by atoms with Gasteiger partial charge in [-0.25, -0.2) is 13.9 Å². The van der Waals surface area contributed by atoms with Gasteiger partial charge in [0.25, 0.3) is 0 Å². The van der Waals surface area contributed by atoms with Crippen molar-refractivity contribution in [2.24, 2.45) is 0 Å². The van der Waals surface area contributed by atoms with Crippen LogP contribution in [-0.4, -0.2) is 20.7 Å². The molecule has 2 heterocycles. The Morgan fingerprint density at radius 1 is 0.968 bits per heavy atom. The van der Waals surface area contributed by atoms with Gasteiger partial charge in [-0.05, 0) is 49.4 Å². The summed E-state index contributed by atoms with van der Waals surface area (Å²) in [4.78, 5) is 4.46. The Morgan fingerprint density at radius 2 is 1.81 bits per heavy atom. The number of imidazole rings is 1. The maximum atomic E-state index is 14.0. The van der Waals surface area contributed by atoms with Crippen LogP contribution in [0.25, 0.3) is 16.9 Å². The minimum Gasteiger partial charge on any atom is -0.488 e. The molecule has 4 aromatic rings. The van der Waals surface area contributed by atoms with Crippen LogP contribution in [0.1, 0.15) is 37.7 Å². The molecule has 0 atom stereocenters. The molecule has 2 aromatic heterocycles. The van der Waals surface area contributed by atoms with Crippen molar-refractivity contribution in [2.45, 2.75) is 44.8 Å². The monoisotopic (exact) mass is 417 g/mol. The number of benzene rings is 2. The Hall–Kier alpha value is -3.41. The number of fused-ring (bicyclic) bond motifs is 1. The van der Waals surface area contributed by atoms with Crippen molar-refractivity contribution in [1.82, 2.24) is 14.6 Å². The smallest absolute Gasteiger partial charge is 0.232 e. The van der Waals surface area contributed by atoms with Gasteiger partial charge in [0.1, 0.15) is 24.3 Å². The van der Waals surface area contributed by atoms with E-state index in [1.807, 2.05) is 42.5 Å². The number of ether oxygens (including phenoxy) is 2. The van der Waals surface area contributed by atoms with Crippen molar-refractivity contribution in [2.75, 3.05) is 0 Å². The summed E-state index contributed by atoms with van der Waals surface area (Å²) in [5, 5.41) is 4.67. The van der Waals surface area contributed by atoms with E-state index in [-0.39, 0.29) is 11.9 Å². The van der Waals surface area contributed by atoms with E-state index in [2.05, 4.69) is 10.1 Å². The van der Waals surface area contributed by atoms with Crippen molar-refractivity contribution in [3.63, 3.8) is 0 Å². The molecule has 6 heteroatoms. The molecule has 0 bridgehead atoms. The van der Waals surface area contributed by atoms with Crippen LogP contribution in [0.15, 0.2) is 66.9 Å². The average Bonchev–Trinajstić information content (AvgIpc) is 3.22. The van der Waals surface area contributed by atoms with Crippen LogP contribution in [0.4, 0.5) is 4.39 Å². The second-order valence-corrected chi connectivity index (χ2v) is 7.88. The molecule has 1 aliphatic carbocycles. The lowest BCUT2D eigenvalue weighted by Gasteiger charge is -2.22. The van der Waals surface area contributed by atoms with E-state index < -0.39 is 0 Å². The zero-order valence-corrected chi connectivity index (χ0v) is 17.2. The highest BCUT2D eigenvalue weighted by Crippen LogP contribution is 2.32. The first-order valence-electron chi connectivity index (χ1n) is 10.7.